The highest BCUT2D eigenvalue weighted by Gasteiger charge is 2.42. The van der Waals surface area contributed by atoms with Gasteiger partial charge in [0.1, 0.15) is 36.6 Å². The first-order valence-electron chi connectivity index (χ1n) is 7.55. The maximum atomic E-state index is 14.4. The lowest BCUT2D eigenvalue weighted by atomic mass is 9.79. The zero-order valence-electron chi connectivity index (χ0n) is 13.3. The van der Waals surface area contributed by atoms with Gasteiger partial charge in [0.05, 0.1) is 18.4 Å². The second kappa shape index (κ2) is 6.67. The molecule has 1 aromatic carbocycles. The Labute approximate surface area is 142 Å². The summed E-state index contributed by atoms with van der Waals surface area (Å²) in [6.07, 6.45) is 3.56. The fraction of sp³-hybridized carbons (Fsp3) is 0.312. The Morgan fingerprint density at radius 2 is 2.12 bits per heavy atom. The van der Waals surface area contributed by atoms with Gasteiger partial charge in [-0.1, -0.05) is 13.0 Å². The fourth-order valence-corrected chi connectivity index (χ4v) is 2.86. The molecule has 132 valence electrons. The summed E-state index contributed by atoms with van der Waals surface area (Å²) in [4.78, 5) is 9.06. The molecule has 0 aliphatic carbocycles. The lowest BCUT2D eigenvalue weighted by Crippen LogP contribution is -2.45. The third kappa shape index (κ3) is 3.27. The van der Waals surface area contributed by atoms with Crippen molar-refractivity contribution < 1.29 is 18.3 Å². The van der Waals surface area contributed by atoms with E-state index in [2.05, 4.69) is 20.5 Å². The first-order valence-corrected chi connectivity index (χ1v) is 7.55. The van der Waals surface area contributed by atoms with Crippen molar-refractivity contribution in [3.05, 3.63) is 59.4 Å². The van der Waals surface area contributed by atoms with E-state index in [0.717, 1.165) is 24.7 Å². The maximum absolute atomic E-state index is 14.4. The Kier molecular flexibility index (Phi) is 4.58. The topological polar surface area (TPSA) is 73.6 Å². The lowest BCUT2D eigenvalue weighted by molar-refractivity contribution is -0.0103. The van der Waals surface area contributed by atoms with Crippen molar-refractivity contribution in [1.82, 2.24) is 20.3 Å². The summed E-state index contributed by atoms with van der Waals surface area (Å²) >= 11 is 0. The molecule has 3 rings (SSSR count). The molecule has 1 aliphatic rings. The first-order chi connectivity index (χ1) is 11.9. The van der Waals surface area contributed by atoms with E-state index in [9.17, 15) is 18.3 Å². The highest BCUT2D eigenvalue weighted by molar-refractivity contribution is 5.56. The van der Waals surface area contributed by atoms with Crippen LogP contribution in [-0.4, -0.2) is 39.5 Å². The number of hydrazone groups is 1. The van der Waals surface area contributed by atoms with Gasteiger partial charge in [0.15, 0.2) is 5.82 Å². The molecule has 9 heteroatoms. The SMILES string of the molecule is C[C@@H](c1ncncc1F)[C@](O)(CN1C=NNC1)c1ccc(F)cc1F. The van der Waals surface area contributed by atoms with Crippen LogP contribution in [0, 0.1) is 17.5 Å². The van der Waals surface area contributed by atoms with Gasteiger partial charge in [0.25, 0.3) is 0 Å². The molecule has 0 saturated carbocycles. The second-order valence-electron chi connectivity index (χ2n) is 5.83. The Hall–Kier alpha value is -2.68. The summed E-state index contributed by atoms with van der Waals surface area (Å²) in [7, 11) is 0. The van der Waals surface area contributed by atoms with Crippen LogP contribution in [0.5, 0.6) is 0 Å². The van der Waals surface area contributed by atoms with E-state index in [-0.39, 0.29) is 17.8 Å². The highest BCUT2D eigenvalue weighted by atomic mass is 19.1. The molecule has 0 amide bonds. The molecule has 1 aliphatic heterocycles. The monoisotopic (exact) mass is 351 g/mol. The van der Waals surface area contributed by atoms with E-state index in [0.29, 0.717) is 12.7 Å². The van der Waals surface area contributed by atoms with Gasteiger partial charge in [0.2, 0.25) is 0 Å². The van der Waals surface area contributed by atoms with Gasteiger partial charge in [-0.3, -0.25) is 5.43 Å². The van der Waals surface area contributed by atoms with Crippen LogP contribution in [0.25, 0.3) is 0 Å². The van der Waals surface area contributed by atoms with Gasteiger partial charge in [-0.25, -0.2) is 23.1 Å². The zero-order valence-corrected chi connectivity index (χ0v) is 13.3. The van der Waals surface area contributed by atoms with Crippen LogP contribution >= 0.6 is 0 Å². The molecule has 2 aromatic rings. The average Bonchev–Trinajstić information content (AvgIpc) is 3.07. The first kappa shape index (κ1) is 17.2. The molecule has 0 bridgehead atoms. The minimum absolute atomic E-state index is 0.0645. The second-order valence-corrected chi connectivity index (χ2v) is 5.83. The Balaban J connectivity index is 2.07. The number of hydrogen-bond acceptors (Lipinski definition) is 6. The van der Waals surface area contributed by atoms with Crippen LogP contribution in [0.15, 0.2) is 35.8 Å². The van der Waals surface area contributed by atoms with Crippen LogP contribution in [0.1, 0.15) is 24.1 Å². The smallest absolute Gasteiger partial charge is 0.163 e. The molecule has 1 aromatic heterocycles. The quantitative estimate of drug-likeness (QED) is 0.858. The van der Waals surface area contributed by atoms with Crippen LogP contribution in [-0.2, 0) is 5.60 Å². The third-order valence-corrected chi connectivity index (χ3v) is 4.25. The molecule has 25 heavy (non-hydrogen) atoms. The van der Waals surface area contributed by atoms with Gasteiger partial charge in [-0.05, 0) is 6.07 Å². The molecule has 2 heterocycles. The molecule has 2 atom stereocenters. The molecule has 0 unspecified atom stereocenters. The van der Waals surface area contributed by atoms with Crippen LogP contribution in [0.4, 0.5) is 13.2 Å². The summed E-state index contributed by atoms with van der Waals surface area (Å²) in [5.41, 5.74) is 0.590. The van der Waals surface area contributed by atoms with E-state index in [1.807, 2.05) is 0 Å². The van der Waals surface area contributed by atoms with Crippen molar-refractivity contribution in [2.24, 2.45) is 5.10 Å². The number of β-amino-alcohol motifs (C(OH)–C–C–N with tert-alkyl or cyclic N) is 1. The molecule has 0 fully saturated rings. The zero-order chi connectivity index (χ0) is 18.0. The van der Waals surface area contributed by atoms with Crippen molar-refractivity contribution in [3.63, 3.8) is 0 Å². The number of halogens is 3. The molecule has 0 saturated heterocycles. The van der Waals surface area contributed by atoms with Crippen molar-refractivity contribution >= 4 is 6.34 Å². The predicted molar refractivity (Wildman–Crippen MR) is 83.9 cm³/mol. The summed E-state index contributed by atoms with van der Waals surface area (Å²) in [6.45, 7) is 1.72. The summed E-state index contributed by atoms with van der Waals surface area (Å²) in [5.74, 6) is -3.35. The minimum Gasteiger partial charge on any atom is -0.382 e. The third-order valence-electron chi connectivity index (χ3n) is 4.25. The molecule has 0 radical (unpaired) electrons. The Morgan fingerprint density at radius 3 is 2.76 bits per heavy atom. The van der Waals surface area contributed by atoms with E-state index < -0.39 is 29.0 Å². The molecule has 2 N–H and O–H groups in total. The van der Waals surface area contributed by atoms with E-state index in [1.54, 1.807) is 4.90 Å². The van der Waals surface area contributed by atoms with Gasteiger partial charge in [0, 0.05) is 17.5 Å². The van der Waals surface area contributed by atoms with Crippen molar-refractivity contribution in [1.29, 1.82) is 0 Å². The summed E-state index contributed by atoms with van der Waals surface area (Å²) < 4.78 is 41.8. The van der Waals surface area contributed by atoms with E-state index >= 15 is 0 Å². The number of aliphatic hydroxyl groups is 1. The lowest BCUT2D eigenvalue weighted by Gasteiger charge is -2.37. The number of nitrogens with zero attached hydrogens (tertiary/aromatic N) is 4. The molecular weight excluding hydrogens is 335 g/mol. The number of aromatic nitrogens is 2. The standard InChI is InChI=1S/C16H16F3N5O/c1-10(15-14(19)5-20-7-21-15)16(25,6-24-8-22-23-9-24)12-3-2-11(17)4-13(12)18/h2-5,7-8,10,23,25H,6,9H2,1H3/t10-,16+/m0/s1. The number of nitrogens with one attached hydrogen (secondary N) is 1. The van der Waals surface area contributed by atoms with Crippen molar-refractivity contribution in [2.45, 2.75) is 18.4 Å². The molecule has 0 spiro atoms. The molecular formula is C16H16F3N5O. The minimum atomic E-state index is -1.88. The number of hydrogen-bond donors (Lipinski definition) is 2. The van der Waals surface area contributed by atoms with Crippen LogP contribution in [0.2, 0.25) is 0 Å². The maximum Gasteiger partial charge on any atom is 0.163 e. The normalized spacial score (nSPS) is 17.2. The largest absolute Gasteiger partial charge is 0.382 e. The molecule has 6 nitrogen and oxygen atoms in total. The van der Waals surface area contributed by atoms with E-state index in [1.165, 1.54) is 13.3 Å². The summed E-state index contributed by atoms with van der Waals surface area (Å²) in [5, 5.41) is 15.2. The van der Waals surface area contributed by atoms with Crippen LogP contribution < -0.4 is 5.43 Å². The highest BCUT2D eigenvalue weighted by Crippen LogP contribution is 2.39. The Morgan fingerprint density at radius 1 is 1.32 bits per heavy atom. The van der Waals surface area contributed by atoms with Gasteiger partial charge < -0.3 is 10.0 Å². The number of rotatable bonds is 5. The van der Waals surface area contributed by atoms with Gasteiger partial charge in [-0.2, -0.15) is 5.10 Å². The fourth-order valence-electron chi connectivity index (χ4n) is 2.86. The van der Waals surface area contributed by atoms with Gasteiger partial charge >= 0.3 is 0 Å². The van der Waals surface area contributed by atoms with Crippen molar-refractivity contribution in [3.8, 4) is 0 Å². The van der Waals surface area contributed by atoms with Crippen LogP contribution in [0.3, 0.4) is 0 Å². The Bertz CT molecular complexity index is 803. The van der Waals surface area contributed by atoms with Crippen molar-refractivity contribution in [2.75, 3.05) is 13.2 Å². The van der Waals surface area contributed by atoms with Gasteiger partial charge in [-0.15, -0.1) is 0 Å². The summed E-state index contributed by atoms with van der Waals surface area (Å²) in [6, 6.07) is 2.88. The number of benzene rings is 1. The van der Waals surface area contributed by atoms with E-state index in [4.69, 9.17) is 0 Å². The average molecular weight is 351 g/mol. The predicted octanol–water partition coefficient (Wildman–Crippen LogP) is 1.69.